The lowest BCUT2D eigenvalue weighted by Gasteiger charge is -2.16. The largest absolute Gasteiger partial charge is 0.493 e. The first-order chi connectivity index (χ1) is 16.2. The minimum absolute atomic E-state index is 0.160. The van der Waals surface area contributed by atoms with Crippen LogP contribution in [0.1, 0.15) is 68.9 Å². The Hall–Kier alpha value is -3.34. The van der Waals surface area contributed by atoms with E-state index in [1.807, 2.05) is 25.1 Å². The van der Waals surface area contributed by atoms with E-state index in [0.717, 1.165) is 29.7 Å². The third-order valence-electron chi connectivity index (χ3n) is 4.86. The first-order valence-electron chi connectivity index (χ1n) is 11.8. The average Bonchev–Trinajstić information content (AvgIpc) is 2.80. The topological polar surface area (TPSA) is 61.8 Å². The summed E-state index contributed by atoms with van der Waals surface area (Å²) in [6, 6.07) is 10.4. The molecule has 0 heterocycles. The highest BCUT2D eigenvalue weighted by atomic mass is 16.5. The second-order valence-corrected chi connectivity index (χ2v) is 9.05. The molecular weight excluding hydrogens is 428 g/mol. The maximum Gasteiger partial charge on any atom is 0.316 e. The highest BCUT2D eigenvalue weighted by molar-refractivity contribution is 6.07. The Bertz CT molecular complexity index is 1010. The minimum atomic E-state index is -0.601. The van der Waals surface area contributed by atoms with E-state index in [1.165, 1.54) is 6.08 Å². The van der Waals surface area contributed by atoms with Gasteiger partial charge in [0.2, 0.25) is 0 Å². The number of esters is 1. The van der Waals surface area contributed by atoms with Crippen LogP contribution in [0.2, 0.25) is 0 Å². The van der Waals surface area contributed by atoms with Gasteiger partial charge < -0.3 is 14.2 Å². The predicted octanol–water partition coefficient (Wildman–Crippen LogP) is 6.84. The van der Waals surface area contributed by atoms with Crippen molar-refractivity contribution in [3.8, 4) is 17.2 Å². The first kappa shape index (κ1) is 26.9. The molecule has 0 unspecified atom stereocenters. The first-order valence-corrected chi connectivity index (χ1v) is 11.8. The maximum atomic E-state index is 12.8. The van der Waals surface area contributed by atoms with Gasteiger partial charge in [0.05, 0.1) is 18.6 Å². The van der Waals surface area contributed by atoms with Crippen LogP contribution in [0, 0.1) is 5.41 Å². The van der Waals surface area contributed by atoms with E-state index in [2.05, 4.69) is 13.5 Å². The molecule has 0 saturated heterocycles. The summed E-state index contributed by atoms with van der Waals surface area (Å²) in [7, 11) is 0. The van der Waals surface area contributed by atoms with Crippen LogP contribution in [-0.4, -0.2) is 25.0 Å². The minimum Gasteiger partial charge on any atom is -0.493 e. The summed E-state index contributed by atoms with van der Waals surface area (Å²) < 4.78 is 17.2. The van der Waals surface area contributed by atoms with Crippen LogP contribution < -0.4 is 14.2 Å². The molecule has 34 heavy (non-hydrogen) atoms. The Kier molecular flexibility index (Phi) is 10.1. The molecule has 5 nitrogen and oxygen atoms in total. The van der Waals surface area contributed by atoms with Crippen molar-refractivity contribution in [3.05, 3.63) is 71.8 Å². The van der Waals surface area contributed by atoms with Crippen molar-refractivity contribution in [2.24, 2.45) is 5.41 Å². The zero-order valence-corrected chi connectivity index (χ0v) is 21.0. The summed E-state index contributed by atoms with van der Waals surface area (Å²) in [5, 5.41) is 0. The summed E-state index contributed by atoms with van der Waals surface area (Å²) in [6.45, 7) is 14.5. The molecule has 0 spiro atoms. The smallest absolute Gasteiger partial charge is 0.316 e. The third kappa shape index (κ3) is 7.91. The van der Waals surface area contributed by atoms with Crippen molar-refractivity contribution in [2.45, 2.75) is 53.9 Å². The normalized spacial score (nSPS) is 11.3. The summed E-state index contributed by atoms with van der Waals surface area (Å²) in [4.78, 5) is 24.8. The van der Waals surface area contributed by atoms with Gasteiger partial charge in [-0.25, -0.2) is 0 Å². The van der Waals surface area contributed by atoms with Crippen LogP contribution in [0.4, 0.5) is 0 Å². The van der Waals surface area contributed by atoms with E-state index < -0.39 is 5.41 Å². The second kappa shape index (κ2) is 12.8. The van der Waals surface area contributed by atoms with E-state index in [0.29, 0.717) is 36.7 Å². The molecule has 182 valence electrons. The van der Waals surface area contributed by atoms with E-state index in [9.17, 15) is 9.59 Å². The van der Waals surface area contributed by atoms with Crippen LogP contribution >= 0.6 is 0 Å². The van der Waals surface area contributed by atoms with Crippen molar-refractivity contribution in [2.75, 3.05) is 13.2 Å². The number of carbonyl (C=O) groups is 2. The number of ether oxygens (including phenoxy) is 3. The highest BCUT2D eigenvalue weighted by Crippen LogP contribution is 2.31. The van der Waals surface area contributed by atoms with Gasteiger partial charge in [-0.3, -0.25) is 9.59 Å². The Balaban J connectivity index is 2.26. The lowest BCUT2D eigenvalue weighted by Crippen LogP contribution is -2.25. The number of ketones is 1. The number of rotatable bonds is 12. The maximum absolute atomic E-state index is 12.8. The number of benzene rings is 2. The monoisotopic (exact) mass is 464 g/mol. The lowest BCUT2D eigenvalue weighted by molar-refractivity contribution is -0.143. The zero-order chi connectivity index (χ0) is 25.1. The van der Waals surface area contributed by atoms with Gasteiger partial charge >= 0.3 is 5.97 Å². The Morgan fingerprint density at radius 1 is 0.941 bits per heavy atom. The van der Waals surface area contributed by atoms with Gasteiger partial charge in [-0.05, 0) is 88.1 Å². The lowest BCUT2D eigenvalue weighted by atomic mass is 9.97. The molecule has 0 saturated carbocycles. The predicted molar refractivity (Wildman–Crippen MR) is 137 cm³/mol. The molecule has 0 atom stereocenters. The standard InChI is InChI=1S/C29H36O5/c1-7-10-22-19-23(27(33-18-9-3)20-26(22)32-17-8-2)13-16-25(30)21-11-14-24(15-12-21)34-28(31)29(4,5)6/h7,11-16,19-20H,1,8-10,17-18H2,2-6H3/b16-13+. The van der Waals surface area contributed by atoms with Gasteiger partial charge in [-0.1, -0.05) is 19.9 Å². The fourth-order valence-corrected chi connectivity index (χ4v) is 2.96. The van der Waals surface area contributed by atoms with Crippen molar-refractivity contribution >= 4 is 17.8 Å². The van der Waals surface area contributed by atoms with E-state index in [4.69, 9.17) is 14.2 Å². The quantitative estimate of drug-likeness (QED) is 0.113. The number of allylic oxidation sites excluding steroid dienone is 2. The third-order valence-corrected chi connectivity index (χ3v) is 4.86. The molecule has 0 bridgehead atoms. The molecule has 0 N–H and O–H groups in total. The molecule has 0 aromatic heterocycles. The van der Waals surface area contributed by atoms with Crippen molar-refractivity contribution in [1.29, 1.82) is 0 Å². The fraction of sp³-hybridized carbons (Fsp3) is 0.379. The summed E-state index contributed by atoms with van der Waals surface area (Å²) in [5.74, 6) is 1.37. The molecule has 0 aliphatic heterocycles. The van der Waals surface area contributed by atoms with Crippen LogP contribution in [-0.2, 0) is 11.2 Å². The summed E-state index contributed by atoms with van der Waals surface area (Å²) in [5.41, 5.74) is 1.69. The van der Waals surface area contributed by atoms with Crippen LogP contribution in [0.15, 0.2) is 55.1 Å². The van der Waals surface area contributed by atoms with Gasteiger partial charge in [0.25, 0.3) is 0 Å². The van der Waals surface area contributed by atoms with E-state index >= 15 is 0 Å². The van der Waals surface area contributed by atoms with Crippen molar-refractivity contribution < 1.29 is 23.8 Å². The Morgan fingerprint density at radius 2 is 1.56 bits per heavy atom. The highest BCUT2D eigenvalue weighted by Gasteiger charge is 2.23. The van der Waals surface area contributed by atoms with Gasteiger partial charge in [0, 0.05) is 17.2 Å². The van der Waals surface area contributed by atoms with Crippen LogP contribution in [0.5, 0.6) is 17.2 Å². The van der Waals surface area contributed by atoms with Gasteiger partial charge in [0.15, 0.2) is 5.78 Å². The molecule has 2 aromatic carbocycles. The molecule has 0 amide bonds. The van der Waals surface area contributed by atoms with Crippen LogP contribution in [0.25, 0.3) is 6.08 Å². The molecule has 0 radical (unpaired) electrons. The van der Waals surface area contributed by atoms with Gasteiger partial charge in [-0.15, -0.1) is 6.58 Å². The van der Waals surface area contributed by atoms with E-state index in [-0.39, 0.29) is 11.8 Å². The number of hydrogen-bond acceptors (Lipinski definition) is 5. The Morgan fingerprint density at radius 3 is 2.12 bits per heavy atom. The molecular formula is C29H36O5. The van der Waals surface area contributed by atoms with Gasteiger partial charge in [-0.2, -0.15) is 0 Å². The summed E-state index contributed by atoms with van der Waals surface area (Å²) >= 11 is 0. The van der Waals surface area contributed by atoms with Gasteiger partial charge in [0.1, 0.15) is 17.2 Å². The fourth-order valence-electron chi connectivity index (χ4n) is 2.96. The molecule has 2 rings (SSSR count). The van der Waals surface area contributed by atoms with E-state index in [1.54, 1.807) is 51.1 Å². The van der Waals surface area contributed by atoms with Crippen molar-refractivity contribution in [3.63, 3.8) is 0 Å². The van der Waals surface area contributed by atoms with Crippen LogP contribution in [0.3, 0.4) is 0 Å². The number of hydrogen-bond donors (Lipinski definition) is 0. The zero-order valence-electron chi connectivity index (χ0n) is 21.0. The molecule has 0 fully saturated rings. The molecule has 0 aliphatic carbocycles. The second-order valence-electron chi connectivity index (χ2n) is 9.05. The molecule has 0 aliphatic rings. The summed E-state index contributed by atoms with van der Waals surface area (Å²) in [6.07, 6.45) is 7.53. The number of carbonyl (C=O) groups excluding carboxylic acids is 2. The van der Waals surface area contributed by atoms with Crippen molar-refractivity contribution in [1.82, 2.24) is 0 Å². The SMILES string of the molecule is C=CCc1cc(/C=C/C(=O)c2ccc(OC(=O)C(C)(C)C)cc2)c(OCCC)cc1OCCC. The molecule has 5 heteroatoms. The molecule has 2 aromatic rings. The Labute approximate surface area is 203 Å². The average molecular weight is 465 g/mol.